The van der Waals surface area contributed by atoms with Crippen molar-refractivity contribution in [1.29, 1.82) is 0 Å². The minimum absolute atomic E-state index is 0.889. The van der Waals surface area contributed by atoms with Gasteiger partial charge in [0, 0.05) is 12.4 Å². The second-order valence-corrected chi connectivity index (χ2v) is 3.86. The first-order valence-electron chi connectivity index (χ1n) is 5.00. The van der Waals surface area contributed by atoms with Crippen molar-refractivity contribution in [2.45, 2.75) is 6.42 Å². The molecule has 15 heavy (non-hydrogen) atoms. The molecule has 0 saturated carbocycles. The second kappa shape index (κ2) is 4.99. The van der Waals surface area contributed by atoms with Gasteiger partial charge in [0.15, 0.2) is 0 Å². The molecule has 0 fully saturated rings. The zero-order chi connectivity index (χ0) is 10.5. The fourth-order valence-corrected chi connectivity index (χ4v) is 1.84. The summed E-state index contributed by atoms with van der Waals surface area (Å²) in [6.07, 6.45) is 4.66. The van der Waals surface area contributed by atoms with Gasteiger partial charge in [-0.2, -0.15) is 12.6 Å². The predicted molar refractivity (Wildman–Crippen MR) is 67.2 cm³/mol. The second-order valence-electron chi connectivity index (χ2n) is 3.41. The average molecular weight is 215 g/mol. The quantitative estimate of drug-likeness (QED) is 0.776. The van der Waals surface area contributed by atoms with Gasteiger partial charge in [-0.25, -0.2) is 0 Å². The maximum absolute atomic E-state index is 4.24. The summed E-state index contributed by atoms with van der Waals surface area (Å²) in [4.78, 5) is 4.02. The van der Waals surface area contributed by atoms with Crippen molar-refractivity contribution in [2.75, 3.05) is 5.75 Å². The van der Waals surface area contributed by atoms with Gasteiger partial charge < -0.3 is 0 Å². The van der Waals surface area contributed by atoms with Gasteiger partial charge in [-0.3, -0.25) is 4.98 Å². The highest BCUT2D eigenvalue weighted by atomic mass is 32.1. The van der Waals surface area contributed by atoms with Crippen LogP contribution in [0.3, 0.4) is 0 Å². The zero-order valence-electron chi connectivity index (χ0n) is 8.43. The van der Waals surface area contributed by atoms with Gasteiger partial charge in [0.1, 0.15) is 0 Å². The van der Waals surface area contributed by atoms with Gasteiger partial charge in [0.25, 0.3) is 0 Å². The van der Waals surface area contributed by atoms with Crippen LogP contribution in [-0.2, 0) is 6.42 Å². The van der Waals surface area contributed by atoms with E-state index in [9.17, 15) is 0 Å². The van der Waals surface area contributed by atoms with Crippen LogP contribution in [0.2, 0.25) is 0 Å². The maximum atomic E-state index is 4.24. The Labute approximate surface area is 95.6 Å². The molecular formula is C13H13NS. The SMILES string of the molecule is SCCc1cccc(-c2ccncc2)c1. The van der Waals surface area contributed by atoms with Gasteiger partial charge in [-0.05, 0) is 41.0 Å². The molecule has 1 nitrogen and oxygen atoms in total. The van der Waals surface area contributed by atoms with Gasteiger partial charge in [0.05, 0.1) is 0 Å². The molecule has 0 spiro atoms. The number of rotatable bonds is 3. The molecule has 0 bridgehead atoms. The summed E-state index contributed by atoms with van der Waals surface area (Å²) in [6, 6.07) is 12.6. The Morgan fingerprint density at radius 1 is 1.00 bits per heavy atom. The van der Waals surface area contributed by atoms with E-state index in [1.54, 1.807) is 0 Å². The lowest BCUT2D eigenvalue weighted by molar-refractivity contribution is 1.16. The molecule has 0 aliphatic rings. The van der Waals surface area contributed by atoms with E-state index >= 15 is 0 Å². The molecule has 1 aromatic carbocycles. The van der Waals surface area contributed by atoms with E-state index in [0.29, 0.717) is 0 Å². The van der Waals surface area contributed by atoms with Crippen molar-refractivity contribution < 1.29 is 0 Å². The molecule has 0 aliphatic carbocycles. The molecule has 76 valence electrons. The molecule has 0 amide bonds. The predicted octanol–water partition coefficient (Wildman–Crippen LogP) is 3.22. The third-order valence-electron chi connectivity index (χ3n) is 2.34. The maximum Gasteiger partial charge on any atom is 0.0273 e. The van der Waals surface area contributed by atoms with E-state index in [1.165, 1.54) is 16.7 Å². The number of aryl methyl sites for hydroxylation is 1. The first kappa shape index (κ1) is 10.2. The van der Waals surface area contributed by atoms with E-state index < -0.39 is 0 Å². The summed E-state index contributed by atoms with van der Waals surface area (Å²) >= 11 is 4.24. The molecule has 0 aliphatic heterocycles. The van der Waals surface area contributed by atoms with Crippen molar-refractivity contribution in [3.8, 4) is 11.1 Å². The monoisotopic (exact) mass is 215 g/mol. The van der Waals surface area contributed by atoms with Gasteiger partial charge in [-0.15, -0.1) is 0 Å². The summed E-state index contributed by atoms with van der Waals surface area (Å²) in [6.45, 7) is 0. The Balaban J connectivity index is 2.33. The number of aromatic nitrogens is 1. The first-order chi connectivity index (χ1) is 7.40. The number of benzene rings is 1. The summed E-state index contributed by atoms with van der Waals surface area (Å²) in [5.74, 6) is 0.889. The lowest BCUT2D eigenvalue weighted by atomic mass is 10.0. The fraction of sp³-hybridized carbons (Fsp3) is 0.154. The van der Waals surface area contributed by atoms with Crippen LogP contribution in [-0.4, -0.2) is 10.7 Å². The molecule has 2 heteroatoms. The van der Waals surface area contributed by atoms with Gasteiger partial charge >= 0.3 is 0 Å². The summed E-state index contributed by atoms with van der Waals surface area (Å²) in [7, 11) is 0. The first-order valence-corrected chi connectivity index (χ1v) is 5.63. The van der Waals surface area contributed by atoms with Crippen LogP contribution in [0, 0.1) is 0 Å². The Kier molecular flexibility index (Phi) is 3.41. The third-order valence-corrected chi connectivity index (χ3v) is 2.56. The average Bonchev–Trinajstić information content (AvgIpc) is 2.31. The molecule has 1 aromatic heterocycles. The van der Waals surface area contributed by atoms with Crippen LogP contribution in [0.15, 0.2) is 48.8 Å². The zero-order valence-corrected chi connectivity index (χ0v) is 9.32. The molecule has 0 atom stereocenters. The molecule has 2 aromatic rings. The number of pyridine rings is 1. The lowest BCUT2D eigenvalue weighted by Crippen LogP contribution is -1.87. The van der Waals surface area contributed by atoms with Crippen LogP contribution in [0.4, 0.5) is 0 Å². The molecule has 0 N–H and O–H groups in total. The lowest BCUT2D eigenvalue weighted by Gasteiger charge is -2.03. The normalized spacial score (nSPS) is 10.2. The molecule has 1 heterocycles. The molecular weight excluding hydrogens is 202 g/mol. The van der Waals surface area contributed by atoms with E-state index in [-0.39, 0.29) is 0 Å². The Bertz CT molecular complexity index is 426. The minimum atomic E-state index is 0.889. The van der Waals surface area contributed by atoms with Crippen molar-refractivity contribution in [2.24, 2.45) is 0 Å². The van der Waals surface area contributed by atoms with Gasteiger partial charge in [-0.1, -0.05) is 24.3 Å². The largest absolute Gasteiger partial charge is 0.265 e. The van der Waals surface area contributed by atoms with Crippen LogP contribution in [0.1, 0.15) is 5.56 Å². The van der Waals surface area contributed by atoms with Crippen LogP contribution < -0.4 is 0 Å². The molecule has 0 unspecified atom stereocenters. The van der Waals surface area contributed by atoms with Crippen molar-refractivity contribution in [3.63, 3.8) is 0 Å². The van der Waals surface area contributed by atoms with E-state index in [2.05, 4.69) is 41.9 Å². The molecule has 0 radical (unpaired) electrons. The molecule has 2 rings (SSSR count). The van der Waals surface area contributed by atoms with E-state index in [4.69, 9.17) is 0 Å². The Morgan fingerprint density at radius 3 is 2.53 bits per heavy atom. The number of nitrogens with zero attached hydrogens (tertiary/aromatic N) is 1. The highest BCUT2D eigenvalue weighted by molar-refractivity contribution is 7.80. The van der Waals surface area contributed by atoms with Crippen molar-refractivity contribution in [1.82, 2.24) is 4.98 Å². The van der Waals surface area contributed by atoms with E-state index in [1.807, 2.05) is 24.5 Å². The third kappa shape index (κ3) is 2.60. The summed E-state index contributed by atoms with van der Waals surface area (Å²) < 4.78 is 0. The van der Waals surface area contributed by atoms with E-state index in [0.717, 1.165) is 12.2 Å². The van der Waals surface area contributed by atoms with Crippen LogP contribution in [0.25, 0.3) is 11.1 Å². The Morgan fingerprint density at radius 2 is 1.80 bits per heavy atom. The highest BCUT2D eigenvalue weighted by Crippen LogP contribution is 2.19. The number of hydrogen-bond donors (Lipinski definition) is 1. The standard InChI is InChI=1S/C13H13NS/c15-9-6-11-2-1-3-13(10-11)12-4-7-14-8-5-12/h1-5,7-8,10,15H,6,9H2. The highest BCUT2D eigenvalue weighted by Gasteiger charge is 1.97. The van der Waals surface area contributed by atoms with Crippen molar-refractivity contribution >= 4 is 12.6 Å². The Hall–Kier alpha value is -1.28. The molecule has 0 saturated heterocycles. The topological polar surface area (TPSA) is 12.9 Å². The minimum Gasteiger partial charge on any atom is -0.265 e. The smallest absolute Gasteiger partial charge is 0.0273 e. The number of thiol groups is 1. The van der Waals surface area contributed by atoms with Crippen molar-refractivity contribution in [3.05, 3.63) is 54.4 Å². The van der Waals surface area contributed by atoms with Crippen LogP contribution >= 0.6 is 12.6 Å². The summed E-state index contributed by atoms with van der Waals surface area (Å²) in [5, 5.41) is 0. The van der Waals surface area contributed by atoms with Gasteiger partial charge in [0.2, 0.25) is 0 Å². The fourth-order valence-electron chi connectivity index (χ4n) is 1.58. The van der Waals surface area contributed by atoms with Crippen LogP contribution in [0.5, 0.6) is 0 Å². The number of hydrogen-bond acceptors (Lipinski definition) is 2. The summed E-state index contributed by atoms with van der Waals surface area (Å²) in [5.41, 5.74) is 3.79.